The van der Waals surface area contributed by atoms with Gasteiger partial charge in [0.15, 0.2) is 5.82 Å². The third kappa shape index (κ3) is 2.40. The third-order valence-corrected chi connectivity index (χ3v) is 3.57. The summed E-state index contributed by atoms with van der Waals surface area (Å²) in [4.78, 5) is 4.35. The van der Waals surface area contributed by atoms with Crippen LogP contribution in [0.2, 0.25) is 5.02 Å². The van der Waals surface area contributed by atoms with Crippen LogP contribution in [0.3, 0.4) is 0 Å². The van der Waals surface area contributed by atoms with Crippen molar-refractivity contribution in [1.82, 2.24) is 10.1 Å². The maximum Gasteiger partial charge on any atom is 0.243 e. The Morgan fingerprint density at radius 1 is 1.39 bits per heavy atom. The fourth-order valence-electron chi connectivity index (χ4n) is 1.94. The summed E-state index contributed by atoms with van der Waals surface area (Å²) in [6.07, 6.45) is 2.88. The molecule has 0 saturated heterocycles. The van der Waals surface area contributed by atoms with E-state index in [0.29, 0.717) is 24.1 Å². The summed E-state index contributed by atoms with van der Waals surface area (Å²) in [5.41, 5.74) is 7.01. The van der Waals surface area contributed by atoms with Gasteiger partial charge in [-0.25, -0.2) is 0 Å². The lowest BCUT2D eigenvalue weighted by atomic mass is 10.1. The van der Waals surface area contributed by atoms with E-state index in [9.17, 15) is 0 Å². The van der Waals surface area contributed by atoms with E-state index in [1.807, 2.05) is 24.3 Å². The number of benzene rings is 1. The average molecular weight is 264 g/mol. The predicted octanol–water partition coefficient (Wildman–Crippen LogP) is 2.72. The Bertz CT molecular complexity index is 551. The van der Waals surface area contributed by atoms with Gasteiger partial charge in [0.25, 0.3) is 0 Å². The Labute approximate surface area is 110 Å². The molecule has 2 N–H and O–H groups in total. The number of hydrogen-bond donors (Lipinski definition) is 1. The Morgan fingerprint density at radius 2 is 2.17 bits per heavy atom. The van der Waals surface area contributed by atoms with Crippen molar-refractivity contribution in [3.63, 3.8) is 0 Å². The minimum absolute atomic E-state index is 0.113. The van der Waals surface area contributed by atoms with Gasteiger partial charge in [-0.05, 0) is 30.4 Å². The molecule has 4 nitrogen and oxygen atoms in total. The smallest absolute Gasteiger partial charge is 0.243 e. The summed E-state index contributed by atoms with van der Waals surface area (Å²) in [6, 6.07) is 7.54. The number of halogens is 1. The summed E-state index contributed by atoms with van der Waals surface area (Å²) < 4.78 is 5.21. The van der Waals surface area contributed by atoms with Crippen LogP contribution in [0.25, 0.3) is 0 Å². The van der Waals surface area contributed by atoms with Crippen LogP contribution in [0.1, 0.15) is 36.2 Å². The van der Waals surface area contributed by atoms with E-state index in [-0.39, 0.29) is 6.04 Å². The maximum absolute atomic E-state index is 6.09. The SMILES string of the molecule is NC(c1nc(Cc2ccccc2Cl)no1)C1CC1. The van der Waals surface area contributed by atoms with E-state index in [2.05, 4.69) is 10.1 Å². The van der Waals surface area contributed by atoms with Gasteiger partial charge in [0, 0.05) is 11.4 Å². The lowest BCUT2D eigenvalue weighted by molar-refractivity contribution is 0.340. The van der Waals surface area contributed by atoms with Crippen LogP contribution in [0.4, 0.5) is 0 Å². The van der Waals surface area contributed by atoms with Gasteiger partial charge in [0.2, 0.25) is 5.89 Å². The first kappa shape index (κ1) is 11.7. The molecule has 1 fully saturated rings. The quantitative estimate of drug-likeness (QED) is 0.921. The molecular formula is C13H14ClN3O. The number of nitrogens with two attached hydrogens (primary N) is 1. The van der Waals surface area contributed by atoms with E-state index >= 15 is 0 Å². The van der Waals surface area contributed by atoms with Gasteiger partial charge in [-0.1, -0.05) is 35.0 Å². The van der Waals surface area contributed by atoms with Crippen LogP contribution in [0.15, 0.2) is 28.8 Å². The van der Waals surface area contributed by atoms with Crippen molar-refractivity contribution in [2.75, 3.05) is 0 Å². The molecule has 5 heteroatoms. The summed E-state index contributed by atoms with van der Waals surface area (Å²) in [5, 5.41) is 4.68. The molecule has 0 radical (unpaired) electrons. The normalized spacial score (nSPS) is 16.8. The number of rotatable bonds is 4. The first-order valence-corrected chi connectivity index (χ1v) is 6.43. The summed E-state index contributed by atoms with van der Waals surface area (Å²) in [6.45, 7) is 0. The Hall–Kier alpha value is -1.39. The van der Waals surface area contributed by atoms with Gasteiger partial charge in [0.1, 0.15) is 0 Å². The molecule has 2 aromatic rings. The second-order valence-electron chi connectivity index (χ2n) is 4.68. The molecule has 0 aliphatic heterocycles. The number of hydrogen-bond acceptors (Lipinski definition) is 4. The lowest BCUT2D eigenvalue weighted by Crippen LogP contribution is -2.12. The zero-order valence-corrected chi connectivity index (χ0v) is 10.6. The zero-order valence-electron chi connectivity index (χ0n) is 9.84. The number of nitrogens with zero attached hydrogens (tertiary/aromatic N) is 2. The average Bonchev–Trinajstić information content (AvgIpc) is 3.12. The molecule has 0 spiro atoms. The van der Waals surface area contributed by atoms with Gasteiger partial charge in [0.05, 0.1) is 6.04 Å². The lowest BCUT2D eigenvalue weighted by Gasteiger charge is -2.02. The van der Waals surface area contributed by atoms with Crippen molar-refractivity contribution in [1.29, 1.82) is 0 Å². The molecular weight excluding hydrogens is 250 g/mol. The van der Waals surface area contributed by atoms with E-state index in [4.69, 9.17) is 21.9 Å². The van der Waals surface area contributed by atoms with Gasteiger partial charge < -0.3 is 10.3 Å². The minimum Gasteiger partial charge on any atom is -0.338 e. The molecule has 1 unspecified atom stereocenters. The van der Waals surface area contributed by atoms with E-state index in [1.54, 1.807) is 0 Å². The van der Waals surface area contributed by atoms with E-state index < -0.39 is 0 Å². The van der Waals surface area contributed by atoms with Crippen molar-refractivity contribution in [3.05, 3.63) is 46.6 Å². The van der Waals surface area contributed by atoms with Crippen molar-refractivity contribution in [2.24, 2.45) is 11.7 Å². The molecule has 1 atom stereocenters. The first-order chi connectivity index (χ1) is 8.74. The van der Waals surface area contributed by atoms with Gasteiger partial charge >= 0.3 is 0 Å². The van der Waals surface area contributed by atoms with Crippen molar-refractivity contribution >= 4 is 11.6 Å². The topological polar surface area (TPSA) is 64.9 Å². The second kappa shape index (κ2) is 4.71. The Balaban J connectivity index is 1.75. The van der Waals surface area contributed by atoms with Crippen molar-refractivity contribution < 1.29 is 4.52 Å². The van der Waals surface area contributed by atoms with Gasteiger partial charge in [-0.3, -0.25) is 0 Å². The molecule has 0 amide bonds. The highest BCUT2D eigenvalue weighted by Crippen LogP contribution is 2.38. The molecule has 1 aromatic carbocycles. The molecule has 3 rings (SSSR count). The molecule has 1 heterocycles. The molecule has 0 bridgehead atoms. The van der Waals surface area contributed by atoms with Crippen LogP contribution >= 0.6 is 11.6 Å². The summed E-state index contributed by atoms with van der Waals surface area (Å²) >= 11 is 6.09. The molecule has 18 heavy (non-hydrogen) atoms. The van der Waals surface area contributed by atoms with Crippen molar-refractivity contribution in [2.45, 2.75) is 25.3 Å². The fraction of sp³-hybridized carbons (Fsp3) is 0.385. The molecule has 1 aromatic heterocycles. The summed E-state index contributed by atoms with van der Waals surface area (Å²) in [7, 11) is 0. The highest BCUT2D eigenvalue weighted by molar-refractivity contribution is 6.31. The van der Waals surface area contributed by atoms with Crippen LogP contribution in [-0.2, 0) is 6.42 Å². The summed E-state index contributed by atoms with van der Waals surface area (Å²) in [5.74, 6) is 1.69. The molecule has 1 aliphatic carbocycles. The van der Waals surface area contributed by atoms with E-state index in [0.717, 1.165) is 23.4 Å². The predicted molar refractivity (Wildman–Crippen MR) is 68.2 cm³/mol. The third-order valence-electron chi connectivity index (χ3n) is 3.21. The molecule has 1 saturated carbocycles. The second-order valence-corrected chi connectivity index (χ2v) is 5.09. The van der Waals surface area contributed by atoms with Crippen LogP contribution in [0.5, 0.6) is 0 Å². The highest BCUT2D eigenvalue weighted by Gasteiger charge is 2.33. The van der Waals surface area contributed by atoms with E-state index in [1.165, 1.54) is 0 Å². The molecule has 94 valence electrons. The first-order valence-electron chi connectivity index (χ1n) is 6.05. The minimum atomic E-state index is -0.113. The van der Waals surface area contributed by atoms with Crippen LogP contribution in [-0.4, -0.2) is 10.1 Å². The largest absolute Gasteiger partial charge is 0.338 e. The standard InChI is InChI=1S/C13H14ClN3O/c14-10-4-2-1-3-9(10)7-11-16-13(18-17-11)12(15)8-5-6-8/h1-4,8,12H,5-7,15H2. The number of aromatic nitrogens is 2. The molecule has 1 aliphatic rings. The fourth-order valence-corrected chi connectivity index (χ4v) is 2.15. The maximum atomic E-state index is 6.09. The van der Waals surface area contributed by atoms with Crippen molar-refractivity contribution in [3.8, 4) is 0 Å². The van der Waals surface area contributed by atoms with Gasteiger partial charge in [-0.2, -0.15) is 4.98 Å². The monoisotopic (exact) mass is 263 g/mol. The van der Waals surface area contributed by atoms with Crippen LogP contribution in [0, 0.1) is 5.92 Å². The highest BCUT2D eigenvalue weighted by atomic mass is 35.5. The Morgan fingerprint density at radius 3 is 2.89 bits per heavy atom. The zero-order chi connectivity index (χ0) is 12.5. The van der Waals surface area contributed by atoms with Gasteiger partial charge in [-0.15, -0.1) is 0 Å². The Kier molecular flexibility index (Phi) is 3.06. The van der Waals surface area contributed by atoms with Crippen LogP contribution < -0.4 is 5.73 Å².